The number of hydrogen-bond donors (Lipinski definition) is 0. The molecule has 0 aliphatic rings. The second-order valence-corrected chi connectivity index (χ2v) is 22.8. The molecule has 8 nitrogen and oxygen atoms in total. The molecule has 0 saturated heterocycles. The van der Waals surface area contributed by atoms with Crippen molar-refractivity contribution in [3.63, 3.8) is 0 Å². The largest absolute Gasteiger partial charge is 0.756 e. The van der Waals surface area contributed by atoms with Crippen LogP contribution < -0.4 is 4.89 Å². The van der Waals surface area contributed by atoms with Crippen molar-refractivity contribution in [1.29, 1.82) is 0 Å². The van der Waals surface area contributed by atoms with Gasteiger partial charge in [0.25, 0.3) is 7.82 Å². The molecule has 9 heteroatoms. The van der Waals surface area contributed by atoms with Crippen LogP contribution in [0.4, 0.5) is 0 Å². The first-order chi connectivity index (χ1) is 33.6. The van der Waals surface area contributed by atoms with Crippen LogP contribution in [0.2, 0.25) is 0 Å². The summed E-state index contributed by atoms with van der Waals surface area (Å²) in [7, 11) is 1.36. The monoisotopic (exact) mass is 994 g/mol. The van der Waals surface area contributed by atoms with Gasteiger partial charge >= 0.3 is 5.97 Å². The fourth-order valence-corrected chi connectivity index (χ4v) is 9.34. The Kier molecular flexibility index (Phi) is 52.0. The summed E-state index contributed by atoms with van der Waals surface area (Å²) in [6, 6.07) is 0. The van der Waals surface area contributed by atoms with Gasteiger partial charge in [-0.25, -0.2) is 0 Å². The molecule has 0 amide bonds. The molecule has 0 aromatic rings. The molecule has 0 radical (unpaired) electrons. The van der Waals surface area contributed by atoms with Crippen LogP contribution in [-0.4, -0.2) is 70.7 Å². The van der Waals surface area contributed by atoms with E-state index >= 15 is 0 Å². The number of phosphoric acid groups is 1. The topological polar surface area (TPSA) is 94.1 Å². The zero-order valence-electron chi connectivity index (χ0n) is 46.5. The highest BCUT2D eigenvalue weighted by Crippen LogP contribution is 2.38. The Bertz CT molecular complexity index is 1200. The van der Waals surface area contributed by atoms with Gasteiger partial charge in [-0.1, -0.05) is 262 Å². The van der Waals surface area contributed by atoms with Crippen LogP contribution in [0.1, 0.15) is 284 Å². The molecular formula is C60H116NO7P. The molecule has 0 heterocycles. The molecule has 0 N–H and O–H groups in total. The van der Waals surface area contributed by atoms with E-state index in [4.69, 9.17) is 18.5 Å². The number of phosphoric ester groups is 1. The standard InChI is InChI=1S/C60H116NO7P/c1-6-8-10-12-14-16-18-20-22-24-26-28-30-31-32-33-35-37-39-41-43-45-47-49-51-53-60(62)68-59(58-67-69(63,64)66-56-54-61(3,4)5)57-65-55-52-50-48-46-44-42-40-38-36-34-29-27-25-23-21-19-17-15-13-11-9-7-2/h19,21,25,27,34,36,59H,6-18,20,22-24,26,28-33,35,37-58H2,1-5H3/b21-19-,27-25-,36-34-. The summed E-state index contributed by atoms with van der Waals surface area (Å²) < 4.78 is 34.9. The van der Waals surface area contributed by atoms with Gasteiger partial charge in [-0.15, -0.1) is 0 Å². The summed E-state index contributed by atoms with van der Waals surface area (Å²) >= 11 is 0. The zero-order chi connectivity index (χ0) is 50.5. The van der Waals surface area contributed by atoms with E-state index in [9.17, 15) is 14.3 Å². The first kappa shape index (κ1) is 67.7. The smallest absolute Gasteiger partial charge is 0.306 e. The van der Waals surface area contributed by atoms with Crippen molar-refractivity contribution >= 4 is 13.8 Å². The van der Waals surface area contributed by atoms with Gasteiger partial charge in [-0.05, 0) is 51.4 Å². The second-order valence-electron chi connectivity index (χ2n) is 21.4. The lowest BCUT2D eigenvalue weighted by molar-refractivity contribution is -0.870. The normalized spacial score (nSPS) is 13.7. The highest BCUT2D eigenvalue weighted by molar-refractivity contribution is 7.45. The third-order valence-electron chi connectivity index (χ3n) is 13.2. The number of carbonyl (C=O) groups excluding carboxylic acids is 1. The van der Waals surface area contributed by atoms with Crippen LogP contribution in [-0.2, 0) is 27.9 Å². The molecule has 0 aromatic carbocycles. The van der Waals surface area contributed by atoms with Gasteiger partial charge < -0.3 is 27.9 Å². The predicted molar refractivity (Wildman–Crippen MR) is 296 cm³/mol. The Hall–Kier alpha value is -1.28. The van der Waals surface area contributed by atoms with Crippen molar-refractivity contribution in [3.8, 4) is 0 Å². The van der Waals surface area contributed by atoms with E-state index in [0.29, 0.717) is 24.1 Å². The van der Waals surface area contributed by atoms with Gasteiger partial charge in [0, 0.05) is 13.0 Å². The summed E-state index contributed by atoms with van der Waals surface area (Å²) in [4.78, 5) is 25.3. The molecule has 2 unspecified atom stereocenters. The van der Waals surface area contributed by atoms with E-state index in [1.807, 2.05) is 21.1 Å². The maximum atomic E-state index is 12.8. The molecule has 408 valence electrons. The van der Waals surface area contributed by atoms with Gasteiger partial charge in [0.1, 0.15) is 19.3 Å². The number of nitrogens with zero attached hydrogens (tertiary/aromatic N) is 1. The minimum absolute atomic E-state index is 0.0253. The SMILES string of the molecule is CCCCCCC/C=C\C/C=C\C/C=C\CCCCCCCCCOCC(COP(=O)([O-])OCC[N+](C)(C)C)OC(=O)CCCCCCCCCCCCCCCCCCCCCCCCCCC. The van der Waals surface area contributed by atoms with Gasteiger partial charge in [0.05, 0.1) is 34.4 Å². The third kappa shape index (κ3) is 57.5. The third-order valence-corrected chi connectivity index (χ3v) is 14.2. The quantitative estimate of drug-likeness (QED) is 0.0197. The lowest BCUT2D eigenvalue weighted by atomic mass is 10.0. The Morgan fingerprint density at radius 2 is 0.797 bits per heavy atom. The number of esters is 1. The molecule has 0 spiro atoms. The van der Waals surface area contributed by atoms with E-state index in [1.54, 1.807) is 0 Å². The van der Waals surface area contributed by atoms with Crippen LogP contribution in [0, 0.1) is 0 Å². The summed E-state index contributed by atoms with van der Waals surface area (Å²) in [5.41, 5.74) is 0. The maximum Gasteiger partial charge on any atom is 0.306 e. The molecule has 0 aliphatic heterocycles. The number of likely N-dealkylation sites (N-methyl/N-ethyl adjacent to an activating group) is 1. The molecule has 69 heavy (non-hydrogen) atoms. The minimum atomic E-state index is -4.54. The molecule has 0 aliphatic carbocycles. The first-order valence-electron chi connectivity index (χ1n) is 29.7. The van der Waals surface area contributed by atoms with Crippen LogP contribution in [0.15, 0.2) is 36.5 Å². The Morgan fingerprint density at radius 1 is 0.449 bits per heavy atom. The molecular weight excluding hydrogens is 878 g/mol. The minimum Gasteiger partial charge on any atom is -0.756 e. The summed E-state index contributed by atoms with van der Waals surface area (Å²) in [6.45, 7) is 5.44. The lowest BCUT2D eigenvalue weighted by Crippen LogP contribution is -2.37. The Morgan fingerprint density at radius 3 is 1.19 bits per heavy atom. The van der Waals surface area contributed by atoms with Crippen molar-refractivity contribution in [2.75, 3.05) is 54.1 Å². The van der Waals surface area contributed by atoms with E-state index in [2.05, 4.69) is 50.3 Å². The maximum absolute atomic E-state index is 12.8. The second kappa shape index (κ2) is 53.0. The Balaban J connectivity index is 4.05. The highest BCUT2D eigenvalue weighted by atomic mass is 31.2. The lowest BCUT2D eigenvalue weighted by Gasteiger charge is -2.28. The van der Waals surface area contributed by atoms with Crippen molar-refractivity contribution < 1.29 is 37.3 Å². The van der Waals surface area contributed by atoms with Crippen LogP contribution in [0.3, 0.4) is 0 Å². The summed E-state index contributed by atoms with van der Waals surface area (Å²) in [5, 5.41) is 0. The van der Waals surface area contributed by atoms with Crippen molar-refractivity contribution in [2.24, 2.45) is 0 Å². The van der Waals surface area contributed by atoms with Gasteiger partial charge in [0.15, 0.2) is 0 Å². The van der Waals surface area contributed by atoms with Crippen LogP contribution in [0.25, 0.3) is 0 Å². The number of quaternary nitrogens is 1. The van der Waals surface area contributed by atoms with Crippen molar-refractivity contribution in [2.45, 2.75) is 290 Å². The van der Waals surface area contributed by atoms with Crippen molar-refractivity contribution in [3.05, 3.63) is 36.5 Å². The number of ether oxygens (including phenoxy) is 2. The van der Waals surface area contributed by atoms with E-state index in [1.165, 1.54) is 212 Å². The van der Waals surface area contributed by atoms with Gasteiger partial charge in [-0.3, -0.25) is 9.36 Å². The van der Waals surface area contributed by atoms with Crippen LogP contribution >= 0.6 is 7.82 Å². The van der Waals surface area contributed by atoms with E-state index in [-0.39, 0.29) is 25.8 Å². The summed E-state index contributed by atoms with van der Waals surface area (Å²) in [6.07, 6.45) is 66.2. The fraction of sp³-hybridized carbons (Fsp3) is 0.883. The molecule has 0 fully saturated rings. The number of allylic oxidation sites excluding steroid dienone is 6. The van der Waals surface area contributed by atoms with Crippen molar-refractivity contribution in [1.82, 2.24) is 0 Å². The average Bonchev–Trinajstić information content (AvgIpc) is 3.31. The van der Waals surface area contributed by atoms with E-state index in [0.717, 1.165) is 51.4 Å². The number of carbonyl (C=O) groups is 1. The van der Waals surface area contributed by atoms with E-state index < -0.39 is 13.9 Å². The molecule has 0 aromatic heterocycles. The van der Waals surface area contributed by atoms with Gasteiger partial charge in [-0.2, -0.15) is 0 Å². The highest BCUT2D eigenvalue weighted by Gasteiger charge is 2.20. The Labute approximate surface area is 429 Å². The van der Waals surface area contributed by atoms with Gasteiger partial charge in [0.2, 0.25) is 0 Å². The fourth-order valence-electron chi connectivity index (χ4n) is 8.62. The molecule has 2 atom stereocenters. The average molecular weight is 995 g/mol. The number of hydrogen-bond acceptors (Lipinski definition) is 7. The zero-order valence-corrected chi connectivity index (χ0v) is 47.4. The molecule has 0 saturated carbocycles. The number of unbranched alkanes of at least 4 members (excludes halogenated alkanes) is 36. The summed E-state index contributed by atoms with van der Waals surface area (Å²) in [5.74, 6) is -0.331. The molecule has 0 bridgehead atoms. The number of rotatable bonds is 56. The predicted octanol–water partition coefficient (Wildman–Crippen LogP) is 18.2. The molecule has 0 rings (SSSR count). The van der Waals surface area contributed by atoms with Crippen LogP contribution in [0.5, 0.6) is 0 Å². The first-order valence-corrected chi connectivity index (χ1v) is 31.2.